The Morgan fingerprint density at radius 2 is 1.71 bits per heavy atom. The highest BCUT2D eigenvalue weighted by molar-refractivity contribution is 7.99. The van der Waals surface area contributed by atoms with Crippen LogP contribution in [0.2, 0.25) is 0 Å². The number of alkyl halides is 3. The smallest absolute Gasteiger partial charge is 0.375 e. The van der Waals surface area contributed by atoms with E-state index in [-0.39, 0.29) is 12.5 Å². The lowest BCUT2D eigenvalue weighted by atomic mass is 10.1. The number of carbonyl (C=O) groups excluding carboxylic acids is 1. The first-order valence-electron chi connectivity index (χ1n) is 8.26. The highest BCUT2D eigenvalue weighted by Gasteiger charge is 2.27. The lowest BCUT2D eigenvalue weighted by Gasteiger charge is -2.25. The van der Waals surface area contributed by atoms with E-state index >= 15 is 0 Å². The molecule has 1 aliphatic heterocycles. The molecule has 0 aromatic heterocycles. The van der Waals surface area contributed by atoms with E-state index in [2.05, 4.69) is 5.32 Å². The van der Waals surface area contributed by atoms with Crippen molar-refractivity contribution in [2.45, 2.75) is 43.2 Å². The van der Waals surface area contributed by atoms with Crippen LogP contribution in [-0.4, -0.2) is 42.4 Å². The van der Waals surface area contributed by atoms with Gasteiger partial charge in [-0.2, -0.15) is 13.2 Å². The number of benzene rings is 1. The van der Waals surface area contributed by atoms with Gasteiger partial charge in [0.2, 0.25) is 5.91 Å². The number of nitrogens with one attached hydrogen (secondary N) is 1. The van der Waals surface area contributed by atoms with Crippen molar-refractivity contribution in [2.75, 3.05) is 30.7 Å². The highest BCUT2D eigenvalue weighted by atomic mass is 32.2. The lowest BCUT2D eigenvalue weighted by Crippen LogP contribution is -2.37. The van der Waals surface area contributed by atoms with Crippen LogP contribution in [-0.2, 0) is 4.79 Å². The Labute approximate surface area is 145 Å². The SMILES string of the molecule is O=C(CNc1ccccc1SCC(F)(F)F)N1CCCCCCC1. The minimum atomic E-state index is -4.21. The van der Waals surface area contributed by atoms with Gasteiger partial charge >= 0.3 is 6.18 Å². The van der Waals surface area contributed by atoms with E-state index < -0.39 is 11.9 Å². The van der Waals surface area contributed by atoms with Crippen molar-refractivity contribution in [3.8, 4) is 0 Å². The number of anilines is 1. The van der Waals surface area contributed by atoms with E-state index in [0.29, 0.717) is 10.6 Å². The van der Waals surface area contributed by atoms with Crippen molar-refractivity contribution in [2.24, 2.45) is 0 Å². The molecule has 0 bridgehead atoms. The minimum Gasteiger partial charge on any atom is -0.375 e. The molecule has 0 spiro atoms. The summed E-state index contributed by atoms with van der Waals surface area (Å²) in [6.07, 6.45) is 1.35. The molecule has 1 N–H and O–H groups in total. The van der Waals surface area contributed by atoms with Gasteiger partial charge in [0.05, 0.1) is 12.3 Å². The molecule has 7 heteroatoms. The van der Waals surface area contributed by atoms with Crippen LogP contribution in [0.5, 0.6) is 0 Å². The average molecular weight is 360 g/mol. The molecule has 0 aliphatic carbocycles. The monoisotopic (exact) mass is 360 g/mol. The van der Waals surface area contributed by atoms with Crippen LogP contribution >= 0.6 is 11.8 Å². The van der Waals surface area contributed by atoms with Gasteiger partial charge in [-0.15, -0.1) is 11.8 Å². The largest absolute Gasteiger partial charge is 0.398 e. The fraction of sp³-hybridized carbons (Fsp3) is 0.588. The number of thioether (sulfide) groups is 1. The Bertz CT molecular complexity index is 529. The van der Waals surface area contributed by atoms with Crippen molar-refractivity contribution < 1.29 is 18.0 Å². The number of rotatable bonds is 5. The normalized spacial score (nSPS) is 16.4. The van der Waals surface area contributed by atoms with Crippen molar-refractivity contribution in [3.05, 3.63) is 24.3 Å². The molecule has 24 heavy (non-hydrogen) atoms. The predicted molar refractivity (Wildman–Crippen MR) is 91.4 cm³/mol. The molecule has 1 aliphatic rings. The fourth-order valence-corrected chi connectivity index (χ4v) is 3.47. The number of nitrogens with zero attached hydrogens (tertiary/aromatic N) is 1. The zero-order valence-electron chi connectivity index (χ0n) is 13.6. The first-order chi connectivity index (χ1) is 11.5. The molecule has 1 amide bonds. The molecule has 1 heterocycles. The lowest BCUT2D eigenvalue weighted by molar-refractivity contribution is -0.129. The van der Waals surface area contributed by atoms with Gasteiger partial charge in [-0.1, -0.05) is 31.4 Å². The van der Waals surface area contributed by atoms with E-state index in [1.165, 1.54) is 6.42 Å². The van der Waals surface area contributed by atoms with E-state index in [1.54, 1.807) is 24.3 Å². The third kappa shape index (κ3) is 6.63. The zero-order chi connectivity index (χ0) is 17.4. The fourth-order valence-electron chi connectivity index (χ4n) is 2.68. The summed E-state index contributed by atoms with van der Waals surface area (Å²) in [4.78, 5) is 14.7. The molecule has 2 rings (SSSR count). The quantitative estimate of drug-likeness (QED) is 0.782. The Morgan fingerprint density at radius 1 is 1.08 bits per heavy atom. The summed E-state index contributed by atoms with van der Waals surface area (Å²) < 4.78 is 37.2. The Kier molecular flexibility index (Phi) is 7.27. The van der Waals surface area contributed by atoms with Gasteiger partial charge in [-0.3, -0.25) is 4.79 Å². The number of likely N-dealkylation sites (tertiary alicyclic amines) is 1. The number of halogens is 3. The second-order valence-corrected chi connectivity index (χ2v) is 6.92. The van der Waals surface area contributed by atoms with Gasteiger partial charge in [0, 0.05) is 23.7 Å². The van der Waals surface area contributed by atoms with Crippen molar-refractivity contribution in [1.82, 2.24) is 4.90 Å². The molecule has 0 atom stereocenters. The van der Waals surface area contributed by atoms with Crippen LogP contribution in [0.1, 0.15) is 32.1 Å². The van der Waals surface area contributed by atoms with Crippen molar-refractivity contribution in [3.63, 3.8) is 0 Å². The minimum absolute atomic E-state index is 0.00697. The molecule has 1 aromatic rings. The maximum atomic E-state index is 12.4. The number of hydrogen-bond acceptors (Lipinski definition) is 3. The number of carbonyl (C=O) groups is 1. The number of hydrogen-bond donors (Lipinski definition) is 1. The second-order valence-electron chi connectivity index (χ2n) is 5.90. The first-order valence-corrected chi connectivity index (χ1v) is 9.24. The average Bonchev–Trinajstić information content (AvgIpc) is 2.50. The standard InChI is InChI=1S/C17H23F3N2OS/c18-17(19,20)13-24-15-9-5-4-8-14(15)21-12-16(23)22-10-6-2-1-3-7-11-22/h4-5,8-9,21H,1-3,6-7,10-13H2. The van der Waals surface area contributed by atoms with Crippen LogP contribution in [0.3, 0.4) is 0 Å². The Morgan fingerprint density at radius 3 is 2.38 bits per heavy atom. The molecule has 3 nitrogen and oxygen atoms in total. The Balaban J connectivity index is 1.89. The second kappa shape index (κ2) is 9.20. The van der Waals surface area contributed by atoms with Crippen molar-refractivity contribution >= 4 is 23.4 Å². The summed E-state index contributed by atoms with van der Waals surface area (Å²) in [6, 6.07) is 6.79. The van der Waals surface area contributed by atoms with E-state index in [4.69, 9.17) is 0 Å². The third-order valence-electron chi connectivity index (χ3n) is 3.92. The van der Waals surface area contributed by atoms with Gasteiger partial charge in [0.25, 0.3) is 0 Å². The molecule has 0 saturated carbocycles. The molecule has 134 valence electrons. The first kappa shape index (κ1) is 19.0. The van der Waals surface area contributed by atoms with Crippen LogP contribution in [0.25, 0.3) is 0 Å². The molecule has 1 aromatic carbocycles. The van der Waals surface area contributed by atoms with Crippen LogP contribution in [0.15, 0.2) is 29.2 Å². The summed E-state index contributed by atoms with van der Waals surface area (Å²) in [5, 5.41) is 3.00. The van der Waals surface area contributed by atoms with Crippen LogP contribution < -0.4 is 5.32 Å². The predicted octanol–water partition coefficient (Wildman–Crippen LogP) is 4.55. The van der Waals surface area contributed by atoms with Gasteiger partial charge < -0.3 is 10.2 Å². The summed E-state index contributed by atoms with van der Waals surface area (Å²) in [5.74, 6) is -0.932. The zero-order valence-corrected chi connectivity index (χ0v) is 14.4. The van der Waals surface area contributed by atoms with Gasteiger partial charge in [-0.25, -0.2) is 0 Å². The summed E-state index contributed by atoms with van der Waals surface area (Å²) in [7, 11) is 0. The molecular weight excluding hydrogens is 337 g/mol. The van der Waals surface area contributed by atoms with Crippen LogP contribution in [0, 0.1) is 0 Å². The maximum Gasteiger partial charge on any atom is 0.398 e. The molecule has 1 saturated heterocycles. The summed E-state index contributed by atoms with van der Waals surface area (Å²) in [6.45, 7) is 1.65. The molecule has 1 fully saturated rings. The van der Waals surface area contributed by atoms with Crippen molar-refractivity contribution in [1.29, 1.82) is 0 Å². The van der Waals surface area contributed by atoms with Crippen LogP contribution in [0.4, 0.5) is 18.9 Å². The molecule has 0 unspecified atom stereocenters. The van der Waals surface area contributed by atoms with E-state index in [1.807, 2.05) is 4.90 Å². The number of para-hydroxylation sites is 1. The third-order valence-corrected chi connectivity index (χ3v) is 5.06. The highest BCUT2D eigenvalue weighted by Crippen LogP contribution is 2.32. The van der Waals surface area contributed by atoms with Gasteiger partial charge in [0.1, 0.15) is 0 Å². The number of amides is 1. The summed E-state index contributed by atoms with van der Waals surface area (Å²) >= 11 is 0.735. The molecule has 0 radical (unpaired) electrons. The van der Waals surface area contributed by atoms with Gasteiger partial charge in [0.15, 0.2) is 0 Å². The van der Waals surface area contributed by atoms with Gasteiger partial charge in [-0.05, 0) is 25.0 Å². The topological polar surface area (TPSA) is 32.3 Å². The summed E-state index contributed by atoms with van der Waals surface area (Å²) in [5.41, 5.74) is 0.576. The Hall–Kier alpha value is -1.37. The van der Waals surface area contributed by atoms with E-state index in [0.717, 1.165) is 50.5 Å². The molecular formula is C17H23F3N2OS. The van der Waals surface area contributed by atoms with E-state index in [9.17, 15) is 18.0 Å². The maximum absolute atomic E-state index is 12.4.